The van der Waals surface area contributed by atoms with Crippen molar-refractivity contribution >= 4 is 11.9 Å². The topological polar surface area (TPSA) is 69.6 Å². The van der Waals surface area contributed by atoms with E-state index in [-0.39, 0.29) is 30.9 Å². The Labute approximate surface area is 183 Å². The van der Waals surface area contributed by atoms with E-state index in [4.69, 9.17) is 5.11 Å². The SMILES string of the molecule is C[C@H](NC(=O)[C@H]1CC(F)CCN1Cc1ccc(C(F)(F)F)cc1)c1ccc(C(=O)O)cc1. The monoisotopic (exact) mass is 452 g/mol. The van der Waals surface area contributed by atoms with Crippen LogP contribution in [-0.4, -0.2) is 40.6 Å². The molecule has 0 bridgehead atoms. The Bertz CT molecular complexity index is 945. The summed E-state index contributed by atoms with van der Waals surface area (Å²) in [6, 6.07) is 9.62. The van der Waals surface area contributed by atoms with Gasteiger partial charge in [0.25, 0.3) is 0 Å². The molecule has 3 atom stereocenters. The zero-order valence-corrected chi connectivity index (χ0v) is 17.4. The first kappa shape index (κ1) is 23.7. The number of amides is 1. The Morgan fingerprint density at radius 2 is 1.75 bits per heavy atom. The van der Waals surface area contributed by atoms with Crippen molar-refractivity contribution in [3.05, 3.63) is 70.8 Å². The third kappa shape index (κ3) is 5.85. The lowest BCUT2D eigenvalue weighted by Gasteiger charge is -2.36. The van der Waals surface area contributed by atoms with Gasteiger partial charge >= 0.3 is 12.1 Å². The number of carbonyl (C=O) groups excluding carboxylic acids is 1. The second kappa shape index (κ2) is 9.68. The van der Waals surface area contributed by atoms with Crippen LogP contribution >= 0.6 is 0 Å². The molecule has 2 aromatic rings. The van der Waals surface area contributed by atoms with Crippen molar-refractivity contribution in [1.82, 2.24) is 10.2 Å². The molecule has 0 radical (unpaired) electrons. The highest BCUT2D eigenvalue weighted by Crippen LogP contribution is 2.30. The van der Waals surface area contributed by atoms with E-state index in [0.29, 0.717) is 17.7 Å². The summed E-state index contributed by atoms with van der Waals surface area (Å²) in [5.74, 6) is -1.43. The van der Waals surface area contributed by atoms with Crippen molar-refractivity contribution in [2.45, 2.75) is 50.7 Å². The first-order valence-electron chi connectivity index (χ1n) is 10.2. The summed E-state index contributed by atoms with van der Waals surface area (Å²) >= 11 is 0. The maximum absolute atomic E-state index is 14.1. The van der Waals surface area contributed by atoms with Gasteiger partial charge in [0.05, 0.1) is 23.2 Å². The van der Waals surface area contributed by atoms with E-state index in [1.807, 2.05) is 0 Å². The lowest BCUT2D eigenvalue weighted by molar-refractivity contribution is -0.137. The number of carboxylic acids is 1. The highest BCUT2D eigenvalue weighted by molar-refractivity contribution is 5.87. The molecule has 2 aromatic carbocycles. The van der Waals surface area contributed by atoms with Crippen LogP contribution in [-0.2, 0) is 17.5 Å². The zero-order chi connectivity index (χ0) is 23.5. The Balaban J connectivity index is 1.68. The van der Waals surface area contributed by atoms with Gasteiger partial charge in [-0.05, 0) is 48.7 Å². The van der Waals surface area contributed by atoms with Crippen LogP contribution in [0.1, 0.15) is 52.9 Å². The minimum Gasteiger partial charge on any atom is -0.478 e. The predicted molar refractivity (Wildman–Crippen MR) is 110 cm³/mol. The van der Waals surface area contributed by atoms with Crippen LogP contribution in [0.2, 0.25) is 0 Å². The Morgan fingerprint density at radius 1 is 1.12 bits per heavy atom. The van der Waals surface area contributed by atoms with E-state index in [1.54, 1.807) is 24.0 Å². The van der Waals surface area contributed by atoms with E-state index < -0.39 is 36.0 Å². The normalized spacial score (nSPS) is 20.5. The fourth-order valence-electron chi connectivity index (χ4n) is 3.77. The molecule has 5 nitrogen and oxygen atoms in total. The molecule has 0 spiro atoms. The van der Waals surface area contributed by atoms with Crippen molar-refractivity contribution in [1.29, 1.82) is 0 Å². The number of rotatable bonds is 6. The molecular formula is C23H24F4N2O3. The highest BCUT2D eigenvalue weighted by Gasteiger charge is 2.34. The second-order valence-electron chi connectivity index (χ2n) is 7.96. The summed E-state index contributed by atoms with van der Waals surface area (Å²) in [4.78, 5) is 25.7. The van der Waals surface area contributed by atoms with Crippen LogP contribution in [0, 0.1) is 0 Å². The molecule has 1 unspecified atom stereocenters. The number of piperidine rings is 1. The van der Waals surface area contributed by atoms with Crippen LogP contribution in [0.3, 0.4) is 0 Å². The van der Waals surface area contributed by atoms with E-state index in [2.05, 4.69) is 5.32 Å². The van der Waals surface area contributed by atoms with Crippen molar-refractivity contribution in [3.8, 4) is 0 Å². The molecule has 172 valence electrons. The van der Waals surface area contributed by atoms with Gasteiger partial charge < -0.3 is 10.4 Å². The van der Waals surface area contributed by atoms with Crippen LogP contribution < -0.4 is 5.32 Å². The second-order valence-corrected chi connectivity index (χ2v) is 7.96. The van der Waals surface area contributed by atoms with Crippen LogP contribution in [0.25, 0.3) is 0 Å². The summed E-state index contributed by atoms with van der Waals surface area (Å²) in [6.45, 7) is 2.27. The van der Waals surface area contributed by atoms with Gasteiger partial charge in [-0.1, -0.05) is 24.3 Å². The fraction of sp³-hybridized carbons (Fsp3) is 0.391. The maximum atomic E-state index is 14.1. The van der Waals surface area contributed by atoms with Crippen molar-refractivity contribution < 1.29 is 32.3 Å². The molecular weight excluding hydrogens is 428 g/mol. The number of aromatic carboxylic acids is 1. The van der Waals surface area contributed by atoms with Gasteiger partial charge in [-0.3, -0.25) is 9.69 Å². The lowest BCUT2D eigenvalue weighted by atomic mass is 9.97. The molecule has 0 aromatic heterocycles. The molecule has 1 aliphatic rings. The average Bonchev–Trinajstić information content (AvgIpc) is 2.74. The largest absolute Gasteiger partial charge is 0.478 e. The highest BCUT2D eigenvalue weighted by atomic mass is 19.4. The first-order valence-corrected chi connectivity index (χ1v) is 10.2. The number of likely N-dealkylation sites (tertiary alicyclic amines) is 1. The van der Waals surface area contributed by atoms with Crippen LogP contribution in [0.4, 0.5) is 17.6 Å². The molecule has 2 N–H and O–H groups in total. The fourth-order valence-corrected chi connectivity index (χ4v) is 3.77. The number of nitrogens with zero attached hydrogens (tertiary/aromatic N) is 1. The van der Waals surface area contributed by atoms with Gasteiger partial charge in [0.2, 0.25) is 5.91 Å². The molecule has 1 saturated heterocycles. The summed E-state index contributed by atoms with van der Waals surface area (Å²) in [7, 11) is 0. The standard InChI is InChI=1S/C23H24F4N2O3/c1-14(16-4-6-17(7-5-16)22(31)32)28-21(30)20-12-19(24)10-11-29(20)13-15-2-8-18(9-3-15)23(25,26)27/h2-9,14,19-20H,10-13H2,1H3,(H,28,30)(H,31,32)/t14-,19?,20+/m0/s1. The summed E-state index contributed by atoms with van der Waals surface area (Å²) < 4.78 is 52.4. The van der Waals surface area contributed by atoms with Gasteiger partial charge in [0, 0.05) is 19.5 Å². The quantitative estimate of drug-likeness (QED) is 0.630. The number of carbonyl (C=O) groups is 2. The van der Waals surface area contributed by atoms with E-state index in [9.17, 15) is 27.2 Å². The number of benzene rings is 2. The number of nitrogens with one attached hydrogen (secondary N) is 1. The summed E-state index contributed by atoms with van der Waals surface area (Å²) in [6.07, 6.45) is -5.32. The van der Waals surface area contributed by atoms with Crippen LogP contribution in [0.5, 0.6) is 0 Å². The molecule has 1 aliphatic heterocycles. The molecule has 32 heavy (non-hydrogen) atoms. The zero-order valence-electron chi connectivity index (χ0n) is 17.4. The van der Waals surface area contributed by atoms with Crippen molar-refractivity contribution in [2.24, 2.45) is 0 Å². The molecule has 9 heteroatoms. The minimum absolute atomic E-state index is 0.00284. The number of halogens is 4. The predicted octanol–water partition coefficient (Wildman–Crippen LogP) is 4.58. The third-order valence-electron chi connectivity index (χ3n) is 5.64. The molecule has 0 aliphatic carbocycles. The number of alkyl halides is 4. The summed E-state index contributed by atoms with van der Waals surface area (Å²) in [5, 5.41) is 11.8. The Hall–Kier alpha value is -2.94. The van der Waals surface area contributed by atoms with Crippen molar-refractivity contribution in [2.75, 3.05) is 6.54 Å². The molecule has 0 saturated carbocycles. The van der Waals surface area contributed by atoms with Gasteiger partial charge in [0.15, 0.2) is 0 Å². The smallest absolute Gasteiger partial charge is 0.416 e. The van der Waals surface area contributed by atoms with E-state index in [0.717, 1.165) is 12.1 Å². The van der Waals surface area contributed by atoms with Gasteiger partial charge in [-0.2, -0.15) is 13.2 Å². The Kier molecular flexibility index (Phi) is 7.18. The van der Waals surface area contributed by atoms with E-state index in [1.165, 1.54) is 24.3 Å². The van der Waals surface area contributed by atoms with Gasteiger partial charge in [0.1, 0.15) is 6.17 Å². The Morgan fingerprint density at radius 3 is 2.31 bits per heavy atom. The van der Waals surface area contributed by atoms with Crippen molar-refractivity contribution in [3.63, 3.8) is 0 Å². The third-order valence-corrected chi connectivity index (χ3v) is 5.64. The molecule has 1 amide bonds. The van der Waals surface area contributed by atoms with E-state index >= 15 is 0 Å². The average molecular weight is 452 g/mol. The molecule has 1 fully saturated rings. The number of carboxylic acid groups (broad SMARTS) is 1. The number of hydrogen-bond acceptors (Lipinski definition) is 3. The summed E-state index contributed by atoms with van der Waals surface area (Å²) in [5.41, 5.74) is 0.680. The number of hydrogen-bond donors (Lipinski definition) is 2. The maximum Gasteiger partial charge on any atom is 0.416 e. The van der Waals surface area contributed by atoms with Gasteiger partial charge in [-0.25, -0.2) is 9.18 Å². The van der Waals surface area contributed by atoms with Gasteiger partial charge in [-0.15, -0.1) is 0 Å². The minimum atomic E-state index is -4.42. The lowest BCUT2D eigenvalue weighted by Crippen LogP contribution is -2.51. The molecule has 3 rings (SSSR count). The first-order chi connectivity index (χ1) is 15.0. The van der Waals surface area contributed by atoms with Crippen LogP contribution in [0.15, 0.2) is 48.5 Å². The molecule has 1 heterocycles.